The van der Waals surface area contributed by atoms with Crippen molar-refractivity contribution in [3.63, 3.8) is 0 Å². The van der Waals surface area contributed by atoms with Gasteiger partial charge in [0.1, 0.15) is 0 Å². The highest BCUT2D eigenvalue weighted by atomic mass is 16.5. The van der Waals surface area contributed by atoms with Crippen LogP contribution in [-0.4, -0.2) is 55.6 Å². The third-order valence-electron chi connectivity index (χ3n) is 4.77. The molecule has 3 N–H and O–H groups in total. The summed E-state index contributed by atoms with van der Waals surface area (Å²) in [7, 11) is 0. The molecule has 2 aliphatic heterocycles. The predicted molar refractivity (Wildman–Crippen MR) is 79.5 cm³/mol. The van der Waals surface area contributed by atoms with Gasteiger partial charge in [0, 0.05) is 25.7 Å². The molecule has 2 saturated heterocycles. The molecule has 2 heterocycles. The van der Waals surface area contributed by atoms with E-state index in [1.807, 2.05) is 6.92 Å². The Morgan fingerprint density at radius 3 is 2.43 bits per heavy atom. The minimum Gasteiger partial charge on any atom is -0.381 e. The van der Waals surface area contributed by atoms with Crippen molar-refractivity contribution < 1.29 is 14.3 Å². The van der Waals surface area contributed by atoms with Gasteiger partial charge in [0.2, 0.25) is 11.8 Å². The number of ether oxygens (including phenoxy) is 1. The van der Waals surface area contributed by atoms with Crippen molar-refractivity contribution >= 4 is 11.8 Å². The number of nitrogens with zero attached hydrogens (tertiary/aromatic N) is 1. The molecule has 2 rings (SSSR count). The second kappa shape index (κ2) is 7.75. The van der Waals surface area contributed by atoms with Crippen LogP contribution in [0.3, 0.4) is 0 Å². The topological polar surface area (TPSA) is 84.7 Å². The maximum atomic E-state index is 12.1. The van der Waals surface area contributed by atoms with E-state index in [1.54, 1.807) is 0 Å². The smallest absolute Gasteiger partial charge is 0.234 e. The lowest BCUT2D eigenvalue weighted by Crippen LogP contribution is -2.48. The van der Waals surface area contributed by atoms with Gasteiger partial charge in [-0.3, -0.25) is 14.5 Å². The van der Waals surface area contributed by atoms with E-state index < -0.39 is 0 Å². The van der Waals surface area contributed by atoms with Gasteiger partial charge in [0.05, 0.1) is 6.04 Å². The van der Waals surface area contributed by atoms with Crippen molar-refractivity contribution in [2.45, 2.75) is 38.6 Å². The summed E-state index contributed by atoms with van der Waals surface area (Å²) in [5, 5.41) is 3.08. The molecule has 0 radical (unpaired) electrons. The van der Waals surface area contributed by atoms with E-state index in [4.69, 9.17) is 10.5 Å². The standard InChI is InChI=1S/C15H27N3O3/c1-11(14(16)19)18-6-2-12(3-7-18)10-17-15(20)13-4-8-21-9-5-13/h11-13H,2-10H2,1H3,(H2,16,19)(H,17,20). The van der Waals surface area contributed by atoms with E-state index in [-0.39, 0.29) is 23.8 Å². The Balaban J connectivity index is 1.66. The number of hydrogen-bond acceptors (Lipinski definition) is 4. The van der Waals surface area contributed by atoms with Gasteiger partial charge >= 0.3 is 0 Å². The lowest BCUT2D eigenvalue weighted by molar-refractivity contribution is -0.128. The Morgan fingerprint density at radius 1 is 1.24 bits per heavy atom. The highest BCUT2D eigenvalue weighted by Crippen LogP contribution is 2.19. The fourth-order valence-corrected chi connectivity index (χ4v) is 3.07. The number of nitrogens with one attached hydrogen (secondary N) is 1. The van der Waals surface area contributed by atoms with Crippen LogP contribution in [0.4, 0.5) is 0 Å². The lowest BCUT2D eigenvalue weighted by Gasteiger charge is -2.35. The summed E-state index contributed by atoms with van der Waals surface area (Å²) in [5.74, 6) is 0.534. The summed E-state index contributed by atoms with van der Waals surface area (Å²) < 4.78 is 5.27. The number of primary amides is 1. The van der Waals surface area contributed by atoms with Crippen LogP contribution < -0.4 is 11.1 Å². The Morgan fingerprint density at radius 2 is 1.86 bits per heavy atom. The third kappa shape index (κ3) is 4.68. The number of rotatable bonds is 5. The zero-order valence-corrected chi connectivity index (χ0v) is 12.8. The molecule has 6 heteroatoms. The predicted octanol–water partition coefficient (Wildman–Crippen LogP) is 0.115. The summed E-state index contributed by atoms with van der Waals surface area (Å²) in [4.78, 5) is 25.4. The Bertz CT molecular complexity index is 361. The Kier molecular flexibility index (Phi) is 5.99. The van der Waals surface area contributed by atoms with Crippen LogP contribution in [0.15, 0.2) is 0 Å². The second-order valence-electron chi connectivity index (χ2n) is 6.19. The Labute approximate surface area is 126 Å². The van der Waals surface area contributed by atoms with Crippen LogP contribution in [0.2, 0.25) is 0 Å². The van der Waals surface area contributed by atoms with Crippen LogP contribution in [0.5, 0.6) is 0 Å². The molecule has 0 aromatic heterocycles. The highest BCUT2D eigenvalue weighted by Gasteiger charge is 2.26. The largest absolute Gasteiger partial charge is 0.381 e. The zero-order chi connectivity index (χ0) is 15.2. The van der Waals surface area contributed by atoms with E-state index in [1.165, 1.54) is 0 Å². The molecular weight excluding hydrogens is 270 g/mol. The van der Waals surface area contributed by atoms with Gasteiger partial charge in [-0.2, -0.15) is 0 Å². The molecule has 1 unspecified atom stereocenters. The second-order valence-corrected chi connectivity index (χ2v) is 6.19. The van der Waals surface area contributed by atoms with Crippen molar-refractivity contribution in [2.75, 3.05) is 32.8 Å². The number of likely N-dealkylation sites (tertiary alicyclic amines) is 1. The first-order valence-corrected chi connectivity index (χ1v) is 7.96. The number of hydrogen-bond donors (Lipinski definition) is 2. The number of piperidine rings is 1. The normalized spacial score (nSPS) is 23.7. The minimum absolute atomic E-state index is 0.119. The van der Waals surface area contributed by atoms with E-state index >= 15 is 0 Å². The molecule has 0 spiro atoms. The molecule has 2 fully saturated rings. The minimum atomic E-state index is -0.263. The summed E-state index contributed by atoms with van der Waals surface area (Å²) >= 11 is 0. The van der Waals surface area contributed by atoms with Crippen LogP contribution in [0, 0.1) is 11.8 Å². The highest BCUT2D eigenvalue weighted by molar-refractivity contribution is 5.79. The van der Waals surface area contributed by atoms with E-state index in [2.05, 4.69) is 10.2 Å². The molecule has 2 aliphatic rings. The summed E-state index contributed by atoms with van der Waals surface area (Å²) in [6.07, 6.45) is 3.68. The van der Waals surface area contributed by atoms with Gasteiger partial charge in [0.15, 0.2) is 0 Å². The maximum Gasteiger partial charge on any atom is 0.234 e. The number of carbonyl (C=O) groups is 2. The molecule has 21 heavy (non-hydrogen) atoms. The summed E-state index contributed by atoms with van der Waals surface area (Å²) in [6, 6.07) is -0.192. The fourth-order valence-electron chi connectivity index (χ4n) is 3.07. The zero-order valence-electron chi connectivity index (χ0n) is 12.8. The van der Waals surface area contributed by atoms with Gasteiger partial charge in [-0.25, -0.2) is 0 Å². The van der Waals surface area contributed by atoms with Crippen molar-refractivity contribution in [3.05, 3.63) is 0 Å². The summed E-state index contributed by atoms with van der Waals surface area (Å²) in [6.45, 7) is 5.75. The molecule has 0 aromatic rings. The van der Waals surface area contributed by atoms with Crippen LogP contribution >= 0.6 is 0 Å². The SMILES string of the molecule is CC(C(N)=O)N1CCC(CNC(=O)C2CCOCC2)CC1. The fraction of sp³-hybridized carbons (Fsp3) is 0.867. The number of carbonyl (C=O) groups excluding carboxylic acids is 2. The number of amides is 2. The van der Waals surface area contributed by atoms with Crippen LogP contribution in [0.1, 0.15) is 32.6 Å². The maximum absolute atomic E-state index is 12.1. The monoisotopic (exact) mass is 297 g/mol. The molecule has 120 valence electrons. The average molecular weight is 297 g/mol. The van der Waals surface area contributed by atoms with E-state index in [9.17, 15) is 9.59 Å². The molecule has 0 aliphatic carbocycles. The molecule has 2 amide bonds. The molecular formula is C15H27N3O3. The van der Waals surface area contributed by atoms with Crippen molar-refractivity contribution in [1.82, 2.24) is 10.2 Å². The quantitative estimate of drug-likeness (QED) is 0.754. The molecule has 1 atom stereocenters. The van der Waals surface area contributed by atoms with Crippen molar-refractivity contribution in [2.24, 2.45) is 17.6 Å². The molecule has 0 aromatic carbocycles. The number of nitrogens with two attached hydrogens (primary N) is 1. The van der Waals surface area contributed by atoms with E-state index in [0.717, 1.165) is 45.3 Å². The van der Waals surface area contributed by atoms with Crippen LogP contribution in [-0.2, 0) is 14.3 Å². The third-order valence-corrected chi connectivity index (χ3v) is 4.77. The van der Waals surface area contributed by atoms with E-state index in [0.29, 0.717) is 19.1 Å². The molecule has 0 saturated carbocycles. The lowest BCUT2D eigenvalue weighted by atomic mass is 9.94. The molecule has 0 bridgehead atoms. The first-order chi connectivity index (χ1) is 10.1. The summed E-state index contributed by atoms with van der Waals surface area (Å²) in [5.41, 5.74) is 5.33. The van der Waals surface area contributed by atoms with Crippen molar-refractivity contribution in [3.8, 4) is 0 Å². The first-order valence-electron chi connectivity index (χ1n) is 7.96. The van der Waals surface area contributed by atoms with Crippen molar-refractivity contribution in [1.29, 1.82) is 0 Å². The van der Waals surface area contributed by atoms with Gasteiger partial charge in [-0.1, -0.05) is 0 Å². The first kappa shape index (κ1) is 16.2. The van der Waals surface area contributed by atoms with Crippen LogP contribution in [0.25, 0.3) is 0 Å². The van der Waals surface area contributed by atoms with Gasteiger partial charge in [-0.15, -0.1) is 0 Å². The molecule has 6 nitrogen and oxygen atoms in total. The van der Waals surface area contributed by atoms with Gasteiger partial charge in [-0.05, 0) is 51.6 Å². The Hall–Kier alpha value is -1.14. The van der Waals surface area contributed by atoms with Gasteiger partial charge < -0.3 is 15.8 Å². The van der Waals surface area contributed by atoms with Gasteiger partial charge in [0.25, 0.3) is 0 Å². The average Bonchev–Trinajstić information content (AvgIpc) is 2.53.